The van der Waals surface area contributed by atoms with E-state index in [0.29, 0.717) is 0 Å². The van der Waals surface area contributed by atoms with Crippen LogP contribution in [-0.2, 0) is 114 Å². The van der Waals surface area contributed by atoms with E-state index in [1.54, 1.807) is 0 Å². The van der Waals surface area contributed by atoms with Gasteiger partial charge < -0.3 is 76.2 Å². The number of ether oxygens (including phenoxy) is 15. The summed E-state index contributed by atoms with van der Waals surface area (Å²) in [5.74, 6) is -7.91. The van der Waals surface area contributed by atoms with E-state index < -0.39 is 171 Å². The second-order valence-electron chi connectivity index (χ2n) is 13.9. The monoisotopic (exact) mass is 974 g/mol. The summed E-state index contributed by atoms with van der Waals surface area (Å²) >= 11 is 3.30. The van der Waals surface area contributed by atoms with Crippen LogP contribution in [0.4, 0.5) is 0 Å². The van der Waals surface area contributed by atoms with Gasteiger partial charge in [0.25, 0.3) is 0 Å². The normalized spacial score (nSPS) is 32.7. The van der Waals surface area contributed by atoms with Gasteiger partial charge in [-0.3, -0.25) is 43.2 Å². The molecule has 63 heavy (non-hydrogen) atoms. The second-order valence-corrected chi connectivity index (χ2v) is 14.8. The zero-order valence-corrected chi connectivity index (χ0v) is 37.2. The van der Waals surface area contributed by atoms with Crippen LogP contribution >= 0.6 is 15.9 Å². The fraction of sp³-hybridized carbons (Fsp3) is 0.757. The summed E-state index contributed by atoms with van der Waals surface area (Å²) in [6, 6.07) is 0. The summed E-state index contributed by atoms with van der Waals surface area (Å²) in [5, 5.41) is 8.62. The SMILES string of the molecule is CC(=O)OC[C@H]1O[C@@H](O[C@H]2[C@H](OC(C)=O)[C@@H](CO[C@@H]3O[C@H](COC(C)=O)[C@@H](OC(C)=O)[C@H](OC(C)=O)[C@H]3OC(C)=O)OC(Br)[C@@H]2OC(C)=O)[C@H](OCO)[C@@H](OC(C)=O)[C@@H]1OC(C)=O. The lowest BCUT2D eigenvalue weighted by atomic mass is 9.96. The highest BCUT2D eigenvalue weighted by molar-refractivity contribution is 9.09. The Morgan fingerprint density at radius 2 is 0.746 bits per heavy atom. The van der Waals surface area contributed by atoms with Crippen molar-refractivity contribution in [3.63, 3.8) is 0 Å². The van der Waals surface area contributed by atoms with Gasteiger partial charge in [0, 0.05) is 62.3 Å². The Hall–Kier alpha value is -4.57. The Labute approximate surface area is 368 Å². The fourth-order valence-corrected chi connectivity index (χ4v) is 7.40. The largest absolute Gasteiger partial charge is 0.463 e. The molecule has 0 aromatic rings. The van der Waals surface area contributed by atoms with Gasteiger partial charge in [-0.2, -0.15) is 0 Å². The zero-order valence-electron chi connectivity index (χ0n) is 35.6. The van der Waals surface area contributed by atoms with Crippen molar-refractivity contribution in [3.8, 4) is 0 Å². The van der Waals surface area contributed by atoms with E-state index in [1.807, 2.05) is 0 Å². The predicted molar refractivity (Wildman–Crippen MR) is 200 cm³/mol. The van der Waals surface area contributed by atoms with Crippen molar-refractivity contribution >= 4 is 69.7 Å². The van der Waals surface area contributed by atoms with Crippen molar-refractivity contribution in [1.82, 2.24) is 0 Å². The van der Waals surface area contributed by atoms with Crippen LogP contribution in [0.5, 0.6) is 0 Å². The highest BCUT2D eigenvalue weighted by Gasteiger charge is 2.58. The van der Waals surface area contributed by atoms with Crippen LogP contribution in [0.3, 0.4) is 0 Å². The molecule has 1 N–H and O–H groups in total. The standard InChI is InChI=1S/C37H51BrO25/c1-14(40)49-10-24-28(55-18(5)44)31(57-20(7)46)34(59-22(9)48)36(61-24)51-12-23-26(53-16(3)42)29(32(35(38)60-23)58-21(8)47)63-37-33(52-13-39)30(56-19(6)45)27(54-17(4)43)25(62-37)11-50-15(2)41/h23-37,39H,10-13H2,1-9H3/t23-,24-,25-,26-,27-,28-,29+,30+,31+,32-,33-,34-,35?,36-,37+/m1/s1. The molecule has 26 heteroatoms. The minimum Gasteiger partial charge on any atom is -0.463 e. The van der Waals surface area contributed by atoms with Gasteiger partial charge in [0.05, 0.1) is 6.61 Å². The van der Waals surface area contributed by atoms with Crippen LogP contribution in [-0.4, -0.2) is 176 Å². The number of carbonyl (C=O) groups excluding carboxylic acids is 9. The quantitative estimate of drug-likeness (QED) is 0.0741. The first-order chi connectivity index (χ1) is 29.5. The molecule has 3 aliphatic rings. The van der Waals surface area contributed by atoms with Gasteiger partial charge in [-0.1, -0.05) is 15.9 Å². The average molecular weight is 976 g/mol. The molecule has 3 aliphatic heterocycles. The highest BCUT2D eigenvalue weighted by atomic mass is 79.9. The van der Waals surface area contributed by atoms with Crippen LogP contribution in [0.15, 0.2) is 0 Å². The Kier molecular flexibility index (Phi) is 20.5. The first kappa shape index (κ1) is 52.8. The molecule has 3 saturated heterocycles. The number of carbonyl (C=O) groups is 9. The summed E-state index contributed by atoms with van der Waals surface area (Å²) in [7, 11) is 0. The van der Waals surface area contributed by atoms with Gasteiger partial charge in [-0.05, 0) is 0 Å². The van der Waals surface area contributed by atoms with E-state index in [4.69, 9.17) is 71.1 Å². The minimum absolute atomic E-state index is 0.583. The molecule has 0 saturated carbocycles. The first-order valence-corrected chi connectivity index (χ1v) is 20.0. The molecular formula is C37H51BrO25. The van der Waals surface area contributed by atoms with Crippen molar-refractivity contribution in [2.24, 2.45) is 0 Å². The van der Waals surface area contributed by atoms with E-state index >= 15 is 0 Å². The number of aliphatic hydroxyl groups excluding tert-OH is 1. The third-order valence-corrected chi connectivity index (χ3v) is 9.50. The molecule has 0 spiro atoms. The lowest BCUT2D eigenvalue weighted by Gasteiger charge is -2.49. The van der Waals surface area contributed by atoms with Crippen LogP contribution in [0.1, 0.15) is 62.3 Å². The fourth-order valence-electron chi connectivity index (χ4n) is 6.72. The highest BCUT2D eigenvalue weighted by Crippen LogP contribution is 2.37. The smallest absolute Gasteiger partial charge is 0.303 e. The Bertz CT molecular complexity index is 1660. The van der Waals surface area contributed by atoms with Gasteiger partial charge in [-0.25, -0.2) is 0 Å². The first-order valence-electron chi connectivity index (χ1n) is 19.1. The number of halogens is 1. The van der Waals surface area contributed by atoms with E-state index in [1.165, 1.54) is 0 Å². The topological polar surface area (TPSA) is 312 Å². The maximum Gasteiger partial charge on any atom is 0.303 e. The molecule has 0 aromatic heterocycles. The van der Waals surface area contributed by atoms with Crippen molar-refractivity contribution in [3.05, 3.63) is 0 Å². The Morgan fingerprint density at radius 3 is 1.16 bits per heavy atom. The zero-order chi connectivity index (χ0) is 47.3. The van der Waals surface area contributed by atoms with Gasteiger partial charge in [0.15, 0.2) is 66.4 Å². The van der Waals surface area contributed by atoms with Gasteiger partial charge >= 0.3 is 53.7 Å². The lowest BCUT2D eigenvalue weighted by molar-refractivity contribution is -0.353. The molecule has 1 unspecified atom stereocenters. The van der Waals surface area contributed by atoms with Crippen molar-refractivity contribution in [2.45, 2.75) is 153 Å². The van der Waals surface area contributed by atoms with Crippen LogP contribution in [0.25, 0.3) is 0 Å². The molecule has 3 heterocycles. The van der Waals surface area contributed by atoms with Gasteiger partial charge in [-0.15, -0.1) is 0 Å². The molecule has 3 rings (SSSR count). The van der Waals surface area contributed by atoms with Crippen molar-refractivity contribution in [1.29, 1.82) is 0 Å². The summed E-state index contributed by atoms with van der Waals surface area (Å²) < 4.78 is 84.8. The van der Waals surface area contributed by atoms with Crippen LogP contribution in [0.2, 0.25) is 0 Å². The minimum atomic E-state index is -1.82. The Morgan fingerprint density at radius 1 is 0.397 bits per heavy atom. The second kappa shape index (κ2) is 24.5. The lowest BCUT2D eigenvalue weighted by Crippen LogP contribution is -2.67. The third kappa shape index (κ3) is 15.9. The molecule has 356 valence electrons. The molecule has 3 fully saturated rings. The number of hydrogen-bond acceptors (Lipinski definition) is 25. The predicted octanol–water partition coefficient (Wildman–Crippen LogP) is -1.06. The molecular weight excluding hydrogens is 924 g/mol. The van der Waals surface area contributed by atoms with E-state index in [9.17, 15) is 48.3 Å². The number of esters is 9. The number of rotatable bonds is 18. The number of alkyl halides is 1. The van der Waals surface area contributed by atoms with Crippen molar-refractivity contribution < 1.29 is 119 Å². The average Bonchev–Trinajstić information content (AvgIpc) is 3.14. The third-order valence-electron chi connectivity index (χ3n) is 8.76. The maximum absolute atomic E-state index is 12.8. The van der Waals surface area contributed by atoms with Crippen molar-refractivity contribution in [2.75, 3.05) is 26.6 Å². The van der Waals surface area contributed by atoms with Gasteiger partial charge in [0.1, 0.15) is 44.4 Å². The van der Waals surface area contributed by atoms with Crippen LogP contribution in [0, 0.1) is 0 Å². The molecule has 0 bridgehead atoms. The number of aliphatic hydroxyl groups is 1. The summed E-state index contributed by atoms with van der Waals surface area (Å²) in [6.45, 7) is 6.40. The summed E-state index contributed by atoms with van der Waals surface area (Å²) in [6.07, 6.45) is -22.4. The molecule has 0 amide bonds. The molecule has 0 radical (unpaired) electrons. The van der Waals surface area contributed by atoms with Gasteiger partial charge in [0.2, 0.25) is 0 Å². The molecule has 25 nitrogen and oxygen atoms in total. The summed E-state index contributed by atoms with van der Waals surface area (Å²) in [4.78, 5) is 110. The summed E-state index contributed by atoms with van der Waals surface area (Å²) in [5.41, 5.74) is 0. The molecule has 0 aliphatic carbocycles. The van der Waals surface area contributed by atoms with Crippen LogP contribution < -0.4 is 0 Å². The van der Waals surface area contributed by atoms with E-state index in [0.717, 1.165) is 62.3 Å². The maximum atomic E-state index is 12.8. The number of hydrogen-bond donors (Lipinski definition) is 1. The molecule has 0 aromatic carbocycles. The van der Waals surface area contributed by atoms with E-state index in [-0.39, 0.29) is 0 Å². The molecule has 15 atom stereocenters. The van der Waals surface area contributed by atoms with E-state index in [2.05, 4.69) is 15.9 Å². The Balaban J connectivity index is 2.13.